The molecule has 0 saturated carbocycles. The molecule has 0 unspecified atom stereocenters. The van der Waals surface area contributed by atoms with Crippen molar-refractivity contribution in [1.29, 1.82) is 0 Å². The Morgan fingerprint density at radius 2 is 2.05 bits per heavy atom. The van der Waals surface area contributed by atoms with E-state index in [1.807, 2.05) is 6.33 Å². The van der Waals surface area contributed by atoms with Gasteiger partial charge in [0, 0.05) is 32.9 Å². The minimum absolute atomic E-state index is 0.726. The normalized spacial score (nSPS) is 10.8. The van der Waals surface area contributed by atoms with E-state index in [0.29, 0.717) is 0 Å². The lowest BCUT2D eigenvalue weighted by Gasteiger charge is -2.03. The van der Waals surface area contributed by atoms with Gasteiger partial charge >= 0.3 is 0 Å². The van der Waals surface area contributed by atoms with E-state index in [0.717, 1.165) is 31.9 Å². The number of methoxy groups -OCH3 is 1. The number of benzene rings is 1. The number of nitrogens with one attached hydrogen (secondary N) is 1. The lowest BCUT2D eigenvalue weighted by Crippen LogP contribution is -2.18. The van der Waals surface area contributed by atoms with Crippen molar-refractivity contribution in [2.75, 3.05) is 20.3 Å². The minimum atomic E-state index is 0.726. The van der Waals surface area contributed by atoms with E-state index in [1.165, 1.54) is 11.1 Å². The van der Waals surface area contributed by atoms with Gasteiger partial charge in [-0.05, 0) is 12.5 Å². The van der Waals surface area contributed by atoms with Gasteiger partial charge in [0.1, 0.15) is 0 Å². The van der Waals surface area contributed by atoms with Crippen LogP contribution in [0, 0.1) is 6.92 Å². The van der Waals surface area contributed by atoms with Crippen molar-refractivity contribution in [2.24, 2.45) is 0 Å². The van der Waals surface area contributed by atoms with E-state index in [-0.39, 0.29) is 0 Å². The molecule has 4 heteroatoms. The lowest BCUT2D eigenvalue weighted by atomic mass is 10.1. The molecule has 19 heavy (non-hydrogen) atoms. The predicted octanol–water partition coefficient (Wildman–Crippen LogP) is 1.98. The molecule has 4 nitrogen and oxygen atoms in total. The smallest absolute Gasteiger partial charge is 0.0953 e. The van der Waals surface area contributed by atoms with Crippen LogP contribution in [0.25, 0.3) is 0 Å². The Morgan fingerprint density at radius 3 is 2.79 bits per heavy atom. The van der Waals surface area contributed by atoms with Crippen molar-refractivity contribution >= 4 is 0 Å². The molecule has 0 amide bonds. The van der Waals surface area contributed by atoms with Gasteiger partial charge in [0.05, 0.1) is 18.6 Å². The number of ether oxygens (including phenoxy) is 1. The summed E-state index contributed by atoms with van der Waals surface area (Å²) in [6.45, 7) is 5.33. The van der Waals surface area contributed by atoms with Crippen LogP contribution >= 0.6 is 0 Å². The molecule has 0 saturated heterocycles. The molecule has 0 aliphatic rings. The Morgan fingerprint density at radius 1 is 1.26 bits per heavy atom. The molecule has 2 aromatic rings. The molecule has 0 radical (unpaired) electrons. The summed E-state index contributed by atoms with van der Waals surface area (Å²) in [7, 11) is 1.71. The van der Waals surface area contributed by atoms with Crippen LogP contribution in [0.5, 0.6) is 0 Å². The summed E-state index contributed by atoms with van der Waals surface area (Å²) in [4.78, 5) is 4.39. The van der Waals surface area contributed by atoms with Crippen LogP contribution in [0.15, 0.2) is 36.8 Å². The number of aromatic nitrogens is 2. The van der Waals surface area contributed by atoms with Crippen molar-refractivity contribution in [3.8, 4) is 0 Å². The summed E-state index contributed by atoms with van der Waals surface area (Å²) < 4.78 is 7.09. The number of rotatable bonds is 7. The topological polar surface area (TPSA) is 39.1 Å². The molecule has 0 fully saturated rings. The Kier molecular flexibility index (Phi) is 5.12. The summed E-state index contributed by atoms with van der Waals surface area (Å²) in [5.41, 5.74) is 3.64. The molecule has 1 heterocycles. The molecule has 1 aromatic heterocycles. The van der Waals surface area contributed by atoms with Gasteiger partial charge in [-0.15, -0.1) is 0 Å². The van der Waals surface area contributed by atoms with E-state index in [4.69, 9.17) is 4.74 Å². The zero-order valence-corrected chi connectivity index (χ0v) is 11.6. The summed E-state index contributed by atoms with van der Waals surface area (Å²) in [6, 6.07) is 8.59. The van der Waals surface area contributed by atoms with Gasteiger partial charge < -0.3 is 14.6 Å². The third kappa shape index (κ3) is 4.50. The van der Waals surface area contributed by atoms with Crippen LogP contribution in [-0.4, -0.2) is 29.8 Å². The predicted molar refractivity (Wildman–Crippen MR) is 76.1 cm³/mol. The maximum atomic E-state index is 4.99. The minimum Gasteiger partial charge on any atom is -0.383 e. The molecule has 0 atom stereocenters. The van der Waals surface area contributed by atoms with Crippen LogP contribution in [0.2, 0.25) is 0 Å². The van der Waals surface area contributed by atoms with Crippen molar-refractivity contribution in [1.82, 2.24) is 14.9 Å². The third-order valence-electron chi connectivity index (χ3n) is 2.96. The molecule has 1 aromatic carbocycles. The van der Waals surface area contributed by atoms with Gasteiger partial charge in [0.25, 0.3) is 0 Å². The Labute approximate surface area is 114 Å². The Hall–Kier alpha value is -1.65. The quantitative estimate of drug-likeness (QED) is 0.773. The standard InChI is InChI=1S/C15H21N3O/c1-13-3-5-14(6-4-13)10-18-11-15(17-12-18)9-16-7-8-19-2/h3-6,11-12,16H,7-10H2,1-2H3. The van der Waals surface area contributed by atoms with Gasteiger partial charge in [-0.1, -0.05) is 29.8 Å². The van der Waals surface area contributed by atoms with E-state index in [1.54, 1.807) is 7.11 Å². The fourth-order valence-electron chi connectivity index (χ4n) is 1.88. The van der Waals surface area contributed by atoms with E-state index in [2.05, 4.69) is 52.3 Å². The largest absolute Gasteiger partial charge is 0.383 e. The molecule has 2 rings (SSSR count). The zero-order chi connectivity index (χ0) is 13.5. The second-order valence-electron chi connectivity index (χ2n) is 4.69. The van der Waals surface area contributed by atoms with E-state index in [9.17, 15) is 0 Å². The molecular formula is C15H21N3O. The van der Waals surface area contributed by atoms with Gasteiger partial charge in [0.15, 0.2) is 0 Å². The van der Waals surface area contributed by atoms with Gasteiger partial charge in [-0.3, -0.25) is 0 Å². The van der Waals surface area contributed by atoms with Crippen LogP contribution in [-0.2, 0) is 17.8 Å². The number of imidazole rings is 1. The van der Waals surface area contributed by atoms with E-state index >= 15 is 0 Å². The Bertz CT molecular complexity index is 490. The first-order valence-electron chi connectivity index (χ1n) is 6.54. The molecular weight excluding hydrogens is 238 g/mol. The van der Waals surface area contributed by atoms with Crippen LogP contribution in [0.4, 0.5) is 0 Å². The highest BCUT2D eigenvalue weighted by molar-refractivity contribution is 5.21. The highest BCUT2D eigenvalue weighted by Gasteiger charge is 1.99. The van der Waals surface area contributed by atoms with Crippen LogP contribution in [0.3, 0.4) is 0 Å². The van der Waals surface area contributed by atoms with Crippen molar-refractivity contribution in [3.63, 3.8) is 0 Å². The second-order valence-corrected chi connectivity index (χ2v) is 4.69. The molecule has 0 spiro atoms. The Balaban J connectivity index is 1.85. The van der Waals surface area contributed by atoms with Gasteiger partial charge in [0.2, 0.25) is 0 Å². The average Bonchev–Trinajstić information content (AvgIpc) is 2.85. The number of nitrogens with zero attached hydrogens (tertiary/aromatic N) is 2. The maximum absolute atomic E-state index is 4.99. The summed E-state index contributed by atoms with van der Waals surface area (Å²) in [5.74, 6) is 0. The second kappa shape index (κ2) is 7.07. The highest BCUT2D eigenvalue weighted by atomic mass is 16.5. The highest BCUT2D eigenvalue weighted by Crippen LogP contribution is 2.06. The van der Waals surface area contributed by atoms with Crippen LogP contribution < -0.4 is 5.32 Å². The van der Waals surface area contributed by atoms with Gasteiger partial charge in [-0.2, -0.15) is 0 Å². The summed E-state index contributed by atoms with van der Waals surface area (Å²) >= 11 is 0. The number of aryl methyl sites for hydroxylation is 1. The molecule has 0 bridgehead atoms. The third-order valence-corrected chi connectivity index (χ3v) is 2.96. The van der Waals surface area contributed by atoms with Crippen molar-refractivity contribution < 1.29 is 4.74 Å². The van der Waals surface area contributed by atoms with Gasteiger partial charge in [-0.25, -0.2) is 4.98 Å². The zero-order valence-electron chi connectivity index (χ0n) is 11.6. The summed E-state index contributed by atoms with van der Waals surface area (Å²) in [5, 5.41) is 3.29. The van der Waals surface area contributed by atoms with Crippen molar-refractivity contribution in [2.45, 2.75) is 20.0 Å². The fraction of sp³-hybridized carbons (Fsp3) is 0.400. The molecule has 0 aliphatic carbocycles. The lowest BCUT2D eigenvalue weighted by molar-refractivity contribution is 0.199. The first kappa shape index (κ1) is 13.8. The fourth-order valence-corrected chi connectivity index (χ4v) is 1.88. The summed E-state index contributed by atoms with van der Waals surface area (Å²) in [6.07, 6.45) is 3.97. The average molecular weight is 259 g/mol. The molecule has 0 aliphatic heterocycles. The monoisotopic (exact) mass is 259 g/mol. The molecule has 102 valence electrons. The first-order chi connectivity index (χ1) is 9.28. The number of hydrogen-bond acceptors (Lipinski definition) is 3. The first-order valence-corrected chi connectivity index (χ1v) is 6.54. The van der Waals surface area contributed by atoms with Crippen molar-refractivity contribution in [3.05, 3.63) is 53.6 Å². The number of hydrogen-bond donors (Lipinski definition) is 1. The maximum Gasteiger partial charge on any atom is 0.0953 e. The van der Waals surface area contributed by atoms with E-state index < -0.39 is 0 Å². The molecule has 1 N–H and O–H groups in total. The SMILES string of the molecule is COCCNCc1cn(Cc2ccc(C)cc2)cn1. The van der Waals surface area contributed by atoms with Crippen LogP contribution in [0.1, 0.15) is 16.8 Å².